The molecule has 1 aliphatic carbocycles. The minimum absolute atomic E-state index is 0.182. The van der Waals surface area contributed by atoms with Crippen molar-refractivity contribution in [1.82, 2.24) is 9.97 Å². The predicted molar refractivity (Wildman–Crippen MR) is 114 cm³/mol. The largest absolute Gasteiger partial charge is 0.494 e. The number of rotatable bonds is 4. The van der Waals surface area contributed by atoms with Crippen molar-refractivity contribution in [3.63, 3.8) is 0 Å². The lowest BCUT2D eigenvalue weighted by molar-refractivity contribution is -0.137. The van der Waals surface area contributed by atoms with Gasteiger partial charge in [0.1, 0.15) is 5.75 Å². The number of amides is 1. The monoisotopic (exact) mass is 449 g/mol. The van der Waals surface area contributed by atoms with Crippen molar-refractivity contribution in [2.45, 2.75) is 44.7 Å². The Morgan fingerprint density at radius 3 is 2.58 bits per heavy atom. The summed E-state index contributed by atoms with van der Waals surface area (Å²) < 4.78 is 45.1. The van der Waals surface area contributed by atoms with Gasteiger partial charge < -0.3 is 10.1 Å². The molecule has 1 aliphatic rings. The van der Waals surface area contributed by atoms with Crippen molar-refractivity contribution >= 4 is 33.1 Å². The highest BCUT2D eigenvalue weighted by Crippen LogP contribution is 2.41. The molecule has 164 valence electrons. The van der Waals surface area contributed by atoms with Gasteiger partial charge in [-0.1, -0.05) is 19.8 Å². The molecular formula is C22H22F3N3O2S. The molecule has 0 saturated heterocycles. The average molecular weight is 449 g/mol. The molecule has 1 amide bonds. The summed E-state index contributed by atoms with van der Waals surface area (Å²) in [6.07, 6.45) is 1.83. The number of nitrogens with zero attached hydrogens (tertiary/aromatic N) is 2. The molecule has 1 fully saturated rings. The van der Waals surface area contributed by atoms with Gasteiger partial charge in [0.25, 0.3) is 5.91 Å². The second-order valence-electron chi connectivity index (χ2n) is 7.94. The Balaban J connectivity index is 1.60. The van der Waals surface area contributed by atoms with Gasteiger partial charge in [-0.05, 0) is 30.9 Å². The van der Waals surface area contributed by atoms with E-state index in [4.69, 9.17) is 9.72 Å². The Kier molecular flexibility index (Phi) is 5.88. The predicted octanol–water partition coefficient (Wildman–Crippen LogP) is 6.26. The van der Waals surface area contributed by atoms with Crippen molar-refractivity contribution in [3.8, 4) is 5.75 Å². The zero-order valence-corrected chi connectivity index (χ0v) is 17.9. The molecule has 0 radical (unpaired) electrons. The van der Waals surface area contributed by atoms with Crippen LogP contribution < -0.4 is 10.1 Å². The summed E-state index contributed by atoms with van der Waals surface area (Å²) in [4.78, 5) is 20.9. The fourth-order valence-electron chi connectivity index (χ4n) is 3.83. The van der Waals surface area contributed by atoms with E-state index in [0.717, 1.165) is 46.2 Å². The number of halogens is 3. The van der Waals surface area contributed by atoms with Crippen molar-refractivity contribution in [3.05, 3.63) is 46.7 Å². The summed E-state index contributed by atoms with van der Waals surface area (Å²) in [5, 5.41) is 3.73. The molecule has 4 rings (SSSR count). The molecule has 0 unspecified atom stereocenters. The molecule has 0 bridgehead atoms. The molecule has 5 nitrogen and oxygen atoms in total. The molecule has 9 heteroatoms. The van der Waals surface area contributed by atoms with Crippen LogP contribution in [0.2, 0.25) is 0 Å². The van der Waals surface area contributed by atoms with Crippen LogP contribution in [-0.2, 0) is 6.18 Å². The first-order chi connectivity index (χ1) is 14.7. The van der Waals surface area contributed by atoms with Gasteiger partial charge in [0.2, 0.25) is 0 Å². The molecule has 1 N–H and O–H groups in total. The summed E-state index contributed by atoms with van der Waals surface area (Å²) in [7, 11) is 1.47. The van der Waals surface area contributed by atoms with Crippen LogP contribution in [0, 0.1) is 5.92 Å². The number of nitrogens with one attached hydrogen (secondary N) is 1. The zero-order valence-electron chi connectivity index (χ0n) is 17.1. The van der Waals surface area contributed by atoms with Gasteiger partial charge in [0, 0.05) is 24.4 Å². The number of pyridine rings is 1. The van der Waals surface area contributed by atoms with Crippen LogP contribution in [-0.4, -0.2) is 23.0 Å². The Morgan fingerprint density at radius 2 is 1.90 bits per heavy atom. The van der Waals surface area contributed by atoms with E-state index in [1.165, 1.54) is 20.0 Å². The molecule has 1 saturated carbocycles. The zero-order chi connectivity index (χ0) is 22.2. The van der Waals surface area contributed by atoms with Crippen LogP contribution in [0.25, 0.3) is 10.2 Å². The number of carbonyl (C=O) groups excluding carboxylic acids is 1. The van der Waals surface area contributed by atoms with E-state index in [2.05, 4.69) is 17.2 Å². The van der Waals surface area contributed by atoms with Gasteiger partial charge in [0.15, 0.2) is 0 Å². The van der Waals surface area contributed by atoms with Gasteiger partial charge in [-0.3, -0.25) is 9.78 Å². The third-order valence-corrected chi connectivity index (χ3v) is 6.85. The van der Waals surface area contributed by atoms with E-state index in [1.54, 1.807) is 23.5 Å². The van der Waals surface area contributed by atoms with Gasteiger partial charge in [-0.15, -0.1) is 11.3 Å². The first-order valence-electron chi connectivity index (χ1n) is 10.1. The second-order valence-corrected chi connectivity index (χ2v) is 9.01. The third kappa shape index (κ3) is 4.66. The quantitative estimate of drug-likeness (QED) is 0.510. The molecule has 0 spiro atoms. The lowest BCUT2D eigenvalue weighted by atomic mass is 9.83. The smallest absolute Gasteiger partial charge is 0.417 e. The average Bonchev–Trinajstić information content (AvgIpc) is 3.16. The van der Waals surface area contributed by atoms with Crippen molar-refractivity contribution in [2.24, 2.45) is 5.92 Å². The number of benzene rings is 1. The molecule has 0 aliphatic heterocycles. The summed E-state index contributed by atoms with van der Waals surface area (Å²) in [5.41, 5.74) is 0.00819. The fraction of sp³-hybridized carbons (Fsp3) is 0.409. The number of hydrogen-bond donors (Lipinski definition) is 1. The number of fused-ring (bicyclic) bond motifs is 1. The van der Waals surface area contributed by atoms with Crippen molar-refractivity contribution in [2.75, 3.05) is 12.4 Å². The number of anilines is 1. The summed E-state index contributed by atoms with van der Waals surface area (Å²) in [6.45, 7) is 2.27. The highest BCUT2D eigenvalue weighted by molar-refractivity contribution is 7.18. The van der Waals surface area contributed by atoms with E-state index in [-0.39, 0.29) is 5.56 Å². The third-order valence-electron chi connectivity index (χ3n) is 5.67. The van der Waals surface area contributed by atoms with Crippen LogP contribution in [0.5, 0.6) is 5.75 Å². The molecular weight excluding hydrogens is 427 g/mol. The molecule has 2 aromatic heterocycles. The molecule has 2 heterocycles. The summed E-state index contributed by atoms with van der Waals surface area (Å²) >= 11 is 1.59. The fourth-order valence-corrected chi connectivity index (χ4v) is 4.99. The summed E-state index contributed by atoms with van der Waals surface area (Å²) in [5.74, 6) is 0.892. The standard InChI is InChI=1S/C22H22F3N3O2S/c1-12-3-5-13(6-4-12)21-28-17-8-18(30-2)16(9-19(17)31-21)27-20(29)14-7-15(11-26-10-14)22(23,24)25/h7-13H,3-6H2,1-2H3,(H,27,29). The van der Waals surface area contributed by atoms with Crippen LogP contribution >= 0.6 is 11.3 Å². The Labute approximate surface area is 181 Å². The highest BCUT2D eigenvalue weighted by Gasteiger charge is 2.31. The van der Waals surface area contributed by atoms with Gasteiger partial charge in [-0.25, -0.2) is 4.98 Å². The Hall–Kier alpha value is -2.68. The van der Waals surface area contributed by atoms with E-state index in [0.29, 0.717) is 23.6 Å². The first-order valence-corrected chi connectivity index (χ1v) is 10.9. The van der Waals surface area contributed by atoms with Crippen LogP contribution in [0.4, 0.5) is 18.9 Å². The number of ether oxygens (including phenoxy) is 1. The molecule has 0 atom stereocenters. The van der Waals surface area contributed by atoms with Crippen molar-refractivity contribution in [1.29, 1.82) is 0 Å². The normalized spacial score (nSPS) is 19.4. The maximum Gasteiger partial charge on any atom is 0.417 e. The number of carbonyl (C=O) groups is 1. The first kappa shape index (κ1) is 21.5. The van der Waals surface area contributed by atoms with Crippen LogP contribution in [0.3, 0.4) is 0 Å². The number of aromatic nitrogens is 2. The van der Waals surface area contributed by atoms with E-state index in [1.807, 2.05) is 0 Å². The second kappa shape index (κ2) is 8.45. The molecule has 31 heavy (non-hydrogen) atoms. The molecule has 1 aromatic carbocycles. The van der Waals surface area contributed by atoms with E-state index in [9.17, 15) is 18.0 Å². The number of methoxy groups -OCH3 is 1. The molecule has 3 aromatic rings. The van der Waals surface area contributed by atoms with Crippen LogP contribution in [0.1, 0.15) is 59.5 Å². The highest BCUT2D eigenvalue weighted by atomic mass is 32.1. The Morgan fingerprint density at radius 1 is 1.16 bits per heavy atom. The van der Waals surface area contributed by atoms with Gasteiger partial charge in [-0.2, -0.15) is 13.2 Å². The lowest BCUT2D eigenvalue weighted by Gasteiger charge is -2.24. The number of alkyl halides is 3. The number of hydrogen-bond acceptors (Lipinski definition) is 5. The maximum absolute atomic E-state index is 12.9. The maximum atomic E-state index is 12.9. The topological polar surface area (TPSA) is 64.1 Å². The Bertz CT molecular complexity index is 1110. The van der Waals surface area contributed by atoms with E-state index >= 15 is 0 Å². The van der Waals surface area contributed by atoms with Crippen molar-refractivity contribution < 1.29 is 22.7 Å². The minimum atomic E-state index is -4.57. The number of thiazole rings is 1. The lowest BCUT2D eigenvalue weighted by Crippen LogP contribution is -2.15. The SMILES string of the molecule is COc1cc2nc(C3CCC(C)CC3)sc2cc1NC(=O)c1cncc(C(F)(F)F)c1. The van der Waals surface area contributed by atoms with Gasteiger partial charge >= 0.3 is 6.18 Å². The van der Waals surface area contributed by atoms with Gasteiger partial charge in [0.05, 0.1) is 39.1 Å². The minimum Gasteiger partial charge on any atom is -0.494 e. The van der Waals surface area contributed by atoms with Crippen LogP contribution in [0.15, 0.2) is 30.6 Å². The summed E-state index contributed by atoms with van der Waals surface area (Å²) in [6, 6.07) is 4.29. The van der Waals surface area contributed by atoms with E-state index < -0.39 is 17.6 Å².